The van der Waals surface area contributed by atoms with E-state index in [4.69, 9.17) is 5.73 Å². The zero-order chi connectivity index (χ0) is 30.4. The van der Waals surface area contributed by atoms with Crippen molar-refractivity contribution in [2.45, 2.75) is 37.8 Å². The number of aromatic amines is 1. The largest absolute Gasteiger partial charge is 0.399 e. The van der Waals surface area contributed by atoms with Crippen molar-refractivity contribution >= 4 is 49.8 Å². The molecule has 3 aromatic carbocycles. The van der Waals surface area contributed by atoms with Crippen molar-refractivity contribution in [3.63, 3.8) is 0 Å². The van der Waals surface area contributed by atoms with Crippen LogP contribution in [0.4, 0.5) is 30.2 Å². The third-order valence-electron chi connectivity index (χ3n) is 7.03. The first kappa shape index (κ1) is 27.6. The minimum absolute atomic E-state index is 0.109. The van der Waals surface area contributed by atoms with Gasteiger partial charge in [0.05, 0.1) is 54.6 Å². The Balaban J connectivity index is 0.000000116. The summed E-state index contributed by atoms with van der Waals surface area (Å²) in [6.07, 6.45) is 4.18. The number of hydrogen-bond acceptors (Lipinski definition) is 8. The average molecular weight is 594 g/mol. The summed E-state index contributed by atoms with van der Waals surface area (Å²) in [6.45, 7) is 0. The number of non-ortho nitro benzene ring substituents is 2. The van der Waals surface area contributed by atoms with Gasteiger partial charge in [0, 0.05) is 30.0 Å². The van der Waals surface area contributed by atoms with E-state index < -0.39 is 27.7 Å². The summed E-state index contributed by atoms with van der Waals surface area (Å²) in [5, 5.41) is 35.1. The quantitative estimate of drug-likeness (QED) is 0.139. The number of nitrogens with two attached hydrogens (primary N) is 1. The van der Waals surface area contributed by atoms with Gasteiger partial charge in [-0.05, 0) is 56.0 Å². The molecule has 2 aliphatic rings. The summed E-state index contributed by atoms with van der Waals surface area (Å²) in [7, 11) is 0. The number of nitro benzene ring substituents is 2. The number of halogens is 3. The molecule has 0 atom stereocenters. The highest BCUT2D eigenvalue weighted by atomic mass is 19.1. The van der Waals surface area contributed by atoms with Crippen LogP contribution in [0.25, 0.3) is 32.7 Å². The normalized spacial score (nSPS) is 14.3. The second-order valence-electron chi connectivity index (χ2n) is 10.2. The minimum Gasteiger partial charge on any atom is -0.399 e. The molecule has 3 heterocycles. The van der Waals surface area contributed by atoms with E-state index in [1.807, 2.05) is 6.07 Å². The molecule has 43 heavy (non-hydrogen) atoms. The Labute approximate surface area is 239 Å². The Kier molecular flexibility index (Phi) is 6.87. The van der Waals surface area contributed by atoms with Crippen LogP contribution in [-0.4, -0.2) is 39.6 Å². The lowest BCUT2D eigenvalue weighted by Crippen LogP contribution is -1.95. The van der Waals surface area contributed by atoms with E-state index in [1.165, 1.54) is 24.3 Å². The number of nitrogens with one attached hydrogen (secondary N) is 1. The van der Waals surface area contributed by atoms with E-state index in [9.17, 15) is 33.4 Å². The first-order chi connectivity index (χ1) is 20.6. The summed E-state index contributed by atoms with van der Waals surface area (Å²) in [6, 6.07) is 13.9. The lowest BCUT2D eigenvalue weighted by atomic mass is 10.2. The zero-order valence-electron chi connectivity index (χ0n) is 22.2. The van der Waals surface area contributed by atoms with Crippen molar-refractivity contribution in [3.8, 4) is 0 Å². The molecular weight excluding hydrogens is 571 g/mol. The molecule has 2 saturated carbocycles. The summed E-state index contributed by atoms with van der Waals surface area (Å²) < 4.78 is 43.1. The minimum atomic E-state index is -0.654. The number of H-pyrrole nitrogens is 1. The van der Waals surface area contributed by atoms with Gasteiger partial charge in [-0.15, -0.1) is 10.2 Å². The Morgan fingerprint density at radius 1 is 0.744 bits per heavy atom. The van der Waals surface area contributed by atoms with Gasteiger partial charge in [-0.25, -0.2) is 0 Å². The van der Waals surface area contributed by atoms with Crippen LogP contribution in [0.2, 0.25) is 0 Å². The van der Waals surface area contributed by atoms with Gasteiger partial charge in [0.15, 0.2) is 0 Å². The van der Waals surface area contributed by atoms with Crippen LogP contribution in [0.3, 0.4) is 0 Å². The van der Waals surface area contributed by atoms with E-state index in [0.29, 0.717) is 28.1 Å². The molecule has 2 fully saturated rings. The average Bonchev–Trinajstić information content (AvgIpc) is 3.92. The van der Waals surface area contributed by atoms with E-state index in [1.54, 1.807) is 27.6 Å². The maximum Gasteiger partial charge on any atom is 0.270 e. The second kappa shape index (κ2) is 10.7. The number of fused-ring (bicyclic) bond motifs is 3. The van der Waals surface area contributed by atoms with Crippen LogP contribution in [-0.2, 0) is 0 Å². The first-order valence-electron chi connectivity index (χ1n) is 13.1. The topological polar surface area (TPSA) is 177 Å². The highest BCUT2D eigenvalue weighted by Crippen LogP contribution is 2.38. The maximum atomic E-state index is 13.5. The summed E-state index contributed by atoms with van der Waals surface area (Å²) in [5.74, 6) is -1.71. The van der Waals surface area contributed by atoms with E-state index in [2.05, 4.69) is 20.4 Å². The second-order valence-corrected chi connectivity index (χ2v) is 10.2. The van der Waals surface area contributed by atoms with E-state index >= 15 is 0 Å². The van der Waals surface area contributed by atoms with Crippen LogP contribution in [0.15, 0.2) is 54.6 Å². The highest BCUT2D eigenvalue weighted by Gasteiger charge is 2.28. The molecule has 220 valence electrons. The van der Waals surface area contributed by atoms with Crippen LogP contribution >= 0.6 is 0 Å². The highest BCUT2D eigenvalue weighted by molar-refractivity contribution is 5.83. The molecule has 8 rings (SSSR count). The monoisotopic (exact) mass is 593 g/mol. The molecule has 0 amide bonds. The number of nitro groups is 2. The van der Waals surface area contributed by atoms with Gasteiger partial charge in [-0.1, -0.05) is 0 Å². The predicted molar refractivity (Wildman–Crippen MR) is 150 cm³/mol. The Morgan fingerprint density at radius 2 is 1.23 bits per heavy atom. The Hall–Kier alpha value is -5.54. The molecule has 13 nitrogen and oxygen atoms in total. The molecule has 16 heteroatoms. The third kappa shape index (κ3) is 5.53. The van der Waals surface area contributed by atoms with Crippen LogP contribution in [0, 0.1) is 38.1 Å². The molecular formula is C27H22F3N9O4. The van der Waals surface area contributed by atoms with Gasteiger partial charge in [0.1, 0.15) is 0 Å². The van der Waals surface area contributed by atoms with E-state index in [-0.39, 0.29) is 28.2 Å². The van der Waals surface area contributed by atoms with Crippen molar-refractivity contribution < 1.29 is 23.0 Å². The molecule has 6 aromatic rings. The van der Waals surface area contributed by atoms with E-state index in [0.717, 1.165) is 37.3 Å². The fourth-order valence-electron chi connectivity index (χ4n) is 4.60. The summed E-state index contributed by atoms with van der Waals surface area (Å²) >= 11 is 0. The van der Waals surface area contributed by atoms with Crippen molar-refractivity contribution in [2.75, 3.05) is 5.73 Å². The van der Waals surface area contributed by atoms with Crippen molar-refractivity contribution in [1.29, 1.82) is 0 Å². The van der Waals surface area contributed by atoms with Crippen molar-refractivity contribution in [1.82, 2.24) is 29.8 Å². The van der Waals surface area contributed by atoms with Gasteiger partial charge in [0.2, 0.25) is 17.8 Å². The fourth-order valence-corrected chi connectivity index (χ4v) is 4.60. The fraction of sp³-hybridized carbons (Fsp3) is 0.222. The zero-order valence-corrected chi connectivity index (χ0v) is 22.2. The SMILES string of the molecule is Nc1ccc2c(c1)c(F)nn2C1CC1.O=[N+]([O-])c1ccc2c(c1)c(F)nn2C1CC1.O=[N+]([O-])c1ccc2n[nH]c(F)c2c1. The van der Waals surface area contributed by atoms with Crippen molar-refractivity contribution in [2.24, 2.45) is 0 Å². The van der Waals surface area contributed by atoms with Gasteiger partial charge in [0.25, 0.3) is 11.4 Å². The predicted octanol–water partition coefficient (Wildman–Crippen LogP) is 6.12. The number of aromatic nitrogens is 6. The summed E-state index contributed by atoms with van der Waals surface area (Å²) in [4.78, 5) is 19.8. The number of nitrogen functional groups attached to an aromatic ring is 1. The Bertz CT molecular complexity index is 2030. The number of nitrogens with zero attached hydrogens (tertiary/aromatic N) is 7. The summed E-state index contributed by atoms with van der Waals surface area (Å²) in [5.41, 5.74) is 7.77. The maximum absolute atomic E-state index is 13.5. The number of anilines is 1. The smallest absolute Gasteiger partial charge is 0.270 e. The first-order valence-corrected chi connectivity index (χ1v) is 13.1. The van der Waals surface area contributed by atoms with Gasteiger partial charge < -0.3 is 5.73 Å². The van der Waals surface area contributed by atoms with Crippen LogP contribution in [0.1, 0.15) is 37.8 Å². The molecule has 0 saturated heterocycles. The molecule has 0 unspecified atom stereocenters. The standard InChI is InChI=1S/C10H8FN3O2.C10H10FN3.C7H4FN3O2/c11-10-8-5-7(14(15)16)3-4-9(8)13(12-10)6-1-2-6;11-10-8-5-6(12)1-4-9(8)14(13-10)7-2-3-7;8-7-5-3-4(11(12)13)1-2-6(5)9-10-7/h3-6H,1-2H2;1,4-5,7H,2-3,12H2;1-3H,(H,9,10). The number of benzene rings is 3. The molecule has 0 bridgehead atoms. The van der Waals surface area contributed by atoms with Gasteiger partial charge in [-0.3, -0.25) is 34.7 Å². The Morgan fingerprint density at radius 3 is 1.77 bits per heavy atom. The molecule has 0 aliphatic heterocycles. The number of hydrogen-bond donors (Lipinski definition) is 2. The third-order valence-corrected chi connectivity index (χ3v) is 7.03. The van der Waals surface area contributed by atoms with Gasteiger partial charge in [-0.2, -0.15) is 18.3 Å². The molecule has 0 radical (unpaired) electrons. The number of rotatable bonds is 4. The van der Waals surface area contributed by atoms with Crippen LogP contribution < -0.4 is 5.73 Å². The van der Waals surface area contributed by atoms with Crippen molar-refractivity contribution in [3.05, 3.63) is 92.7 Å². The lowest BCUT2D eigenvalue weighted by molar-refractivity contribution is -0.384. The molecule has 3 aromatic heterocycles. The molecule has 2 aliphatic carbocycles. The molecule has 3 N–H and O–H groups in total. The van der Waals surface area contributed by atoms with Crippen LogP contribution in [0.5, 0.6) is 0 Å². The van der Waals surface area contributed by atoms with Gasteiger partial charge >= 0.3 is 0 Å². The molecule has 0 spiro atoms. The lowest BCUT2D eigenvalue weighted by Gasteiger charge is -1.99.